The lowest BCUT2D eigenvalue weighted by molar-refractivity contribution is 0.571. The van der Waals surface area contributed by atoms with E-state index < -0.39 is 11.6 Å². The molecule has 0 bridgehead atoms. The predicted octanol–water partition coefficient (Wildman–Crippen LogP) is 5.73. The van der Waals surface area contributed by atoms with Crippen molar-refractivity contribution in [3.63, 3.8) is 0 Å². The summed E-state index contributed by atoms with van der Waals surface area (Å²) >= 11 is 1.30. The zero-order chi connectivity index (χ0) is 15.1. The molecule has 0 saturated heterocycles. The minimum atomic E-state index is -0.546. The summed E-state index contributed by atoms with van der Waals surface area (Å²) in [6.07, 6.45) is 0. The van der Waals surface area contributed by atoms with Gasteiger partial charge in [0.1, 0.15) is 5.82 Å². The summed E-state index contributed by atoms with van der Waals surface area (Å²) < 4.78 is 29.7. The molecule has 0 aliphatic carbocycles. The summed E-state index contributed by atoms with van der Waals surface area (Å²) in [6, 6.07) is 10.5. The summed E-state index contributed by atoms with van der Waals surface area (Å²) in [5.74, 6) is -1.08. The first-order valence-corrected chi connectivity index (χ1v) is 7.33. The molecule has 0 fully saturated rings. The second kappa shape index (κ2) is 7.90. The second-order valence-corrected chi connectivity index (χ2v) is 4.93. The second-order valence-electron chi connectivity index (χ2n) is 4.05. The zero-order valence-electron chi connectivity index (χ0n) is 12.1. The van der Waals surface area contributed by atoms with Crippen molar-refractivity contribution in [1.29, 1.82) is 0 Å². The van der Waals surface area contributed by atoms with Gasteiger partial charge in [-0.2, -0.15) is 0 Å². The van der Waals surface area contributed by atoms with E-state index in [1.807, 2.05) is 45.0 Å². The molecular weight excluding hydrogens is 276 g/mol. The molecule has 0 heterocycles. The number of rotatable bonds is 3. The topological polar surface area (TPSA) is 12.0 Å². The van der Waals surface area contributed by atoms with Crippen molar-refractivity contribution < 1.29 is 8.78 Å². The molecule has 0 atom stereocenters. The Kier molecular flexibility index (Phi) is 6.52. The van der Waals surface area contributed by atoms with Gasteiger partial charge in [-0.15, -0.1) is 0 Å². The van der Waals surface area contributed by atoms with E-state index in [1.54, 1.807) is 0 Å². The molecule has 20 heavy (non-hydrogen) atoms. The van der Waals surface area contributed by atoms with Crippen LogP contribution in [0.15, 0.2) is 41.3 Å². The SMILES string of the molecule is CC.Cc1cccc(SNc2ccc(F)c(C)c2F)c1. The van der Waals surface area contributed by atoms with Crippen LogP contribution >= 0.6 is 11.9 Å². The minimum Gasteiger partial charge on any atom is -0.323 e. The third-order valence-corrected chi connectivity index (χ3v) is 3.40. The molecule has 0 aromatic heterocycles. The standard InChI is InChI=1S/C14H13F2NS.C2H6/c1-9-4-3-5-11(8-9)18-17-13-7-6-12(15)10(2)14(13)16;1-2/h3-8,17H,1-2H3;1-2H3. The number of halogens is 2. The summed E-state index contributed by atoms with van der Waals surface area (Å²) in [7, 11) is 0. The molecule has 0 amide bonds. The molecule has 0 aliphatic heterocycles. The van der Waals surface area contributed by atoms with Gasteiger partial charge in [-0.25, -0.2) is 8.78 Å². The highest BCUT2D eigenvalue weighted by Crippen LogP contribution is 2.26. The Hall–Kier alpha value is -1.55. The molecule has 2 rings (SSSR count). The molecule has 0 aliphatic rings. The fraction of sp³-hybridized carbons (Fsp3) is 0.250. The van der Waals surface area contributed by atoms with Gasteiger partial charge in [0.25, 0.3) is 0 Å². The molecular formula is C16H19F2NS. The van der Waals surface area contributed by atoms with Crippen molar-refractivity contribution in [1.82, 2.24) is 0 Å². The van der Waals surface area contributed by atoms with E-state index in [-0.39, 0.29) is 5.56 Å². The van der Waals surface area contributed by atoms with Crippen molar-refractivity contribution in [2.24, 2.45) is 0 Å². The predicted molar refractivity (Wildman–Crippen MR) is 83.1 cm³/mol. The first-order valence-electron chi connectivity index (χ1n) is 6.52. The zero-order valence-corrected chi connectivity index (χ0v) is 12.9. The Bertz CT molecular complexity index is 570. The Labute approximate surface area is 123 Å². The Morgan fingerprint density at radius 2 is 1.70 bits per heavy atom. The van der Waals surface area contributed by atoms with E-state index in [0.29, 0.717) is 5.69 Å². The molecule has 1 N–H and O–H groups in total. The van der Waals surface area contributed by atoms with Crippen LogP contribution in [0.1, 0.15) is 25.0 Å². The summed E-state index contributed by atoms with van der Waals surface area (Å²) in [5.41, 5.74) is 1.46. The van der Waals surface area contributed by atoms with Gasteiger partial charge in [-0.3, -0.25) is 0 Å². The van der Waals surface area contributed by atoms with Crippen molar-refractivity contribution in [3.8, 4) is 0 Å². The fourth-order valence-electron chi connectivity index (χ4n) is 1.53. The monoisotopic (exact) mass is 295 g/mol. The van der Waals surface area contributed by atoms with E-state index in [9.17, 15) is 8.78 Å². The van der Waals surface area contributed by atoms with E-state index in [0.717, 1.165) is 10.5 Å². The summed E-state index contributed by atoms with van der Waals surface area (Å²) in [6.45, 7) is 7.42. The van der Waals surface area contributed by atoms with Gasteiger partial charge < -0.3 is 4.72 Å². The number of hydrogen-bond acceptors (Lipinski definition) is 2. The quantitative estimate of drug-likeness (QED) is 0.726. The van der Waals surface area contributed by atoms with Crippen LogP contribution in [0.2, 0.25) is 0 Å². The Morgan fingerprint density at radius 3 is 2.35 bits per heavy atom. The lowest BCUT2D eigenvalue weighted by Crippen LogP contribution is -1.96. The first kappa shape index (κ1) is 16.5. The van der Waals surface area contributed by atoms with Crippen LogP contribution in [0.5, 0.6) is 0 Å². The van der Waals surface area contributed by atoms with E-state index in [1.165, 1.54) is 31.0 Å². The van der Waals surface area contributed by atoms with Crippen LogP contribution in [0.4, 0.5) is 14.5 Å². The third kappa shape index (κ3) is 4.23. The van der Waals surface area contributed by atoms with Crippen LogP contribution in [-0.2, 0) is 0 Å². The highest BCUT2D eigenvalue weighted by atomic mass is 32.2. The lowest BCUT2D eigenvalue weighted by atomic mass is 10.2. The van der Waals surface area contributed by atoms with Crippen LogP contribution in [0.3, 0.4) is 0 Å². The molecule has 2 aromatic carbocycles. The number of aryl methyl sites for hydroxylation is 1. The van der Waals surface area contributed by atoms with E-state index in [4.69, 9.17) is 0 Å². The molecule has 0 saturated carbocycles. The minimum absolute atomic E-state index is 0.0323. The van der Waals surface area contributed by atoms with Crippen molar-refractivity contribution in [2.75, 3.05) is 4.72 Å². The van der Waals surface area contributed by atoms with E-state index in [2.05, 4.69) is 4.72 Å². The average molecular weight is 295 g/mol. The molecule has 0 spiro atoms. The maximum Gasteiger partial charge on any atom is 0.152 e. The number of hydrogen-bond donors (Lipinski definition) is 1. The lowest BCUT2D eigenvalue weighted by Gasteiger charge is -2.09. The highest BCUT2D eigenvalue weighted by Gasteiger charge is 2.09. The molecule has 2 aromatic rings. The van der Waals surface area contributed by atoms with Gasteiger partial charge in [-0.1, -0.05) is 26.0 Å². The average Bonchev–Trinajstić information content (AvgIpc) is 2.46. The molecule has 1 nitrogen and oxygen atoms in total. The number of nitrogens with one attached hydrogen (secondary N) is 1. The Morgan fingerprint density at radius 1 is 1.00 bits per heavy atom. The van der Waals surface area contributed by atoms with Crippen LogP contribution in [0, 0.1) is 25.5 Å². The van der Waals surface area contributed by atoms with Crippen LogP contribution in [-0.4, -0.2) is 0 Å². The van der Waals surface area contributed by atoms with Gasteiger partial charge in [0.05, 0.1) is 5.69 Å². The van der Waals surface area contributed by atoms with Gasteiger partial charge in [0, 0.05) is 10.5 Å². The maximum atomic E-state index is 13.7. The van der Waals surface area contributed by atoms with Gasteiger partial charge in [0.2, 0.25) is 0 Å². The first-order chi connectivity index (χ1) is 9.58. The Balaban J connectivity index is 0.000000956. The van der Waals surface area contributed by atoms with E-state index >= 15 is 0 Å². The van der Waals surface area contributed by atoms with Gasteiger partial charge >= 0.3 is 0 Å². The van der Waals surface area contributed by atoms with Gasteiger partial charge in [-0.05, 0) is 55.6 Å². The normalized spacial score (nSPS) is 9.70. The third-order valence-electron chi connectivity index (χ3n) is 2.59. The molecule has 0 unspecified atom stereocenters. The fourth-order valence-corrected chi connectivity index (χ4v) is 2.31. The summed E-state index contributed by atoms with van der Waals surface area (Å²) in [5, 5.41) is 0. The molecule has 0 radical (unpaired) electrons. The highest BCUT2D eigenvalue weighted by molar-refractivity contribution is 8.00. The van der Waals surface area contributed by atoms with Crippen LogP contribution in [0.25, 0.3) is 0 Å². The number of benzene rings is 2. The largest absolute Gasteiger partial charge is 0.323 e. The smallest absolute Gasteiger partial charge is 0.152 e. The van der Waals surface area contributed by atoms with Crippen LogP contribution < -0.4 is 4.72 Å². The summed E-state index contributed by atoms with van der Waals surface area (Å²) in [4.78, 5) is 0.983. The molecule has 4 heteroatoms. The van der Waals surface area contributed by atoms with Crippen molar-refractivity contribution in [3.05, 3.63) is 59.2 Å². The molecule has 108 valence electrons. The van der Waals surface area contributed by atoms with Gasteiger partial charge in [0.15, 0.2) is 5.82 Å². The van der Waals surface area contributed by atoms with Crippen molar-refractivity contribution >= 4 is 17.6 Å². The number of anilines is 1. The van der Waals surface area contributed by atoms with Crippen molar-refractivity contribution in [2.45, 2.75) is 32.6 Å². The maximum absolute atomic E-state index is 13.7.